The summed E-state index contributed by atoms with van der Waals surface area (Å²) >= 11 is 2.03. The number of thioether (sulfide) groups is 1. The third-order valence-corrected chi connectivity index (χ3v) is 3.74. The van der Waals surface area contributed by atoms with Crippen LogP contribution in [0.5, 0.6) is 0 Å². The molecule has 1 fully saturated rings. The molecule has 0 spiro atoms. The van der Waals surface area contributed by atoms with E-state index in [4.69, 9.17) is 0 Å². The minimum absolute atomic E-state index is 0.106. The van der Waals surface area contributed by atoms with Crippen LogP contribution in [-0.4, -0.2) is 61.6 Å². The van der Waals surface area contributed by atoms with Crippen LogP contribution < -0.4 is 10.6 Å². The monoisotopic (exact) mass is 245 g/mol. The van der Waals surface area contributed by atoms with Crippen LogP contribution >= 0.6 is 11.8 Å². The lowest BCUT2D eigenvalue weighted by Gasteiger charge is -2.26. The molecule has 0 aromatic heterocycles. The van der Waals surface area contributed by atoms with Crippen molar-refractivity contribution in [1.82, 2.24) is 15.5 Å². The highest BCUT2D eigenvalue weighted by molar-refractivity contribution is 7.99. The van der Waals surface area contributed by atoms with E-state index < -0.39 is 0 Å². The van der Waals surface area contributed by atoms with Crippen molar-refractivity contribution >= 4 is 17.7 Å². The number of amides is 1. The molecule has 1 rings (SSSR count). The lowest BCUT2D eigenvalue weighted by molar-refractivity contribution is -0.121. The molecule has 2 N–H and O–H groups in total. The zero-order valence-corrected chi connectivity index (χ0v) is 11.1. The minimum atomic E-state index is 0.106. The Morgan fingerprint density at radius 2 is 2.12 bits per heavy atom. The first-order valence-electron chi connectivity index (χ1n) is 5.96. The molecule has 0 bridgehead atoms. The summed E-state index contributed by atoms with van der Waals surface area (Å²) in [5.74, 6) is 2.62. The van der Waals surface area contributed by atoms with E-state index in [2.05, 4.69) is 22.5 Å². The van der Waals surface area contributed by atoms with Crippen molar-refractivity contribution in [2.45, 2.75) is 19.4 Å². The average Bonchev–Trinajstić information content (AvgIpc) is 2.30. The van der Waals surface area contributed by atoms with Gasteiger partial charge in [0.25, 0.3) is 0 Å². The summed E-state index contributed by atoms with van der Waals surface area (Å²) < 4.78 is 0. The quantitative estimate of drug-likeness (QED) is 0.699. The predicted molar refractivity (Wildman–Crippen MR) is 69.9 cm³/mol. The second-order valence-electron chi connectivity index (χ2n) is 4.19. The van der Waals surface area contributed by atoms with Gasteiger partial charge in [0.15, 0.2) is 0 Å². The van der Waals surface area contributed by atoms with Gasteiger partial charge in [-0.1, -0.05) is 0 Å². The molecule has 1 saturated heterocycles. The zero-order valence-electron chi connectivity index (χ0n) is 10.3. The van der Waals surface area contributed by atoms with Crippen molar-refractivity contribution < 1.29 is 4.79 Å². The molecule has 0 aromatic carbocycles. The van der Waals surface area contributed by atoms with Crippen molar-refractivity contribution in [1.29, 1.82) is 0 Å². The van der Waals surface area contributed by atoms with Gasteiger partial charge in [-0.3, -0.25) is 4.79 Å². The molecule has 16 heavy (non-hydrogen) atoms. The van der Waals surface area contributed by atoms with Crippen LogP contribution in [0.1, 0.15) is 13.3 Å². The van der Waals surface area contributed by atoms with Crippen LogP contribution in [0.25, 0.3) is 0 Å². The molecule has 1 aliphatic heterocycles. The minimum Gasteiger partial charge on any atom is -0.359 e. The summed E-state index contributed by atoms with van der Waals surface area (Å²) in [4.78, 5) is 13.6. The molecule has 5 heteroatoms. The molecule has 0 aliphatic carbocycles. The van der Waals surface area contributed by atoms with E-state index in [1.165, 1.54) is 24.6 Å². The van der Waals surface area contributed by atoms with Gasteiger partial charge in [-0.25, -0.2) is 0 Å². The molecular formula is C11H23N3OS. The lowest BCUT2D eigenvalue weighted by atomic mass is 10.2. The molecule has 1 amide bonds. The van der Waals surface area contributed by atoms with Crippen molar-refractivity contribution in [2.24, 2.45) is 0 Å². The largest absolute Gasteiger partial charge is 0.359 e. The van der Waals surface area contributed by atoms with Crippen LogP contribution in [0.15, 0.2) is 0 Å². The van der Waals surface area contributed by atoms with E-state index >= 15 is 0 Å². The highest BCUT2D eigenvalue weighted by atomic mass is 32.2. The van der Waals surface area contributed by atoms with E-state index in [1.54, 1.807) is 7.05 Å². The molecule has 94 valence electrons. The van der Waals surface area contributed by atoms with Crippen LogP contribution in [0.3, 0.4) is 0 Å². The van der Waals surface area contributed by atoms with Crippen molar-refractivity contribution in [2.75, 3.05) is 44.7 Å². The third-order valence-electron chi connectivity index (χ3n) is 2.79. The van der Waals surface area contributed by atoms with Gasteiger partial charge in [-0.05, 0) is 6.92 Å². The van der Waals surface area contributed by atoms with Crippen LogP contribution in [0.2, 0.25) is 0 Å². The van der Waals surface area contributed by atoms with Gasteiger partial charge in [0.05, 0.1) is 0 Å². The summed E-state index contributed by atoms with van der Waals surface area (Å²) in [5.41, 5.74) is 0. The highest BCUT2D eigenvalue weighted by Gasteiger charge is 2.11. The normalized spacial score (nSPS) is 19.4. The summed E-state index contributed by atoms with van der Waals surface area (Å²) in [7, 11) is 1.68. The smallest absolute Gasteiger partial charge is 0.221 e. The van der Waals surface area contributed by atoms with Gasteiger partial charge in [-0.2, -0.15) is 11.8 Å². The fraction of sp³-hybridized carbons (Fsp3) is 0.909. The summed E-state index contributed by atoms with van der Waals surface area (Å²) in [6, 6.07) is 0.263. The van der Waals surface area contributed by atoms with E-state index in [1.807, 2.05) is 11.8 Å². The fourth-order valence-corrected chi connectivity index (χ4v) is 2.72. The van der Waals surface area contributed by atoms with Crippen molar-refractivity contribution in [3.8, 4) is 0 Å². The Morgan fingerprint density at radius 3 is 2.75 bits per heavy atom. The van der Waals surface area contributed by atoms with Crippen molar-refractivity contribution in [3.63, 3.8) is 0 Å². The standard InChI is InChI=1S/C11H23N3OS/c1-10(9-11(15)12-2)13-3-4-14-5-7-16-8-6-14/h10,13H,3-9H2,1-2H3,(H,12,15). The molecule has 1 aliphatic rings. The van der Waals surface area contributed by atoms with Gasteiger partial charge >= 0.3 is 0 Å². The first-order chi connectivity index (χ1) is 7.72. The SMILES string of the molecule is CNC(=O)CC(C)NCCN1CCSCC1. The number of rotatable bonds is 6. The van der Waals surface area contributed by atoms with Crippen LogP contribution in [0.4, 0.5) is 0 Å². The summed E-state index contributed by atoms with van der Waals surface area (Å²) in [6.07, 6.45) is 0.562. The maximum atomic E-state index is 11.1. The second kappa shape index (κ2) is 7.92. The Labute approximate surface area is 103 Å². The first kappa shape index (κ1) is 13.8. The molecule has 0 aromatic rings. The molecule has 0 saturated carbocycles. The second-order valence-corrected chi connectivity index (χ2v) is 5.41. The molecule has 1 atom stereocenters. The molecule has 4 nitrogen and oxygen atoms in total. The Hall–Kier alpha value is -0.260. The number of hydrogen-bond acceptors (Lipinski definition) is 4. The number of hydrogen-bond donors (Lipinski definition) is 2. The predicted octanol–water partition coefficient (Wildman–Crippen LogP) is 0.149. The van der Waals surface area contributed by atoms with Gasteiger partial charge in [0, 0.05) is 57.2 Å². The molecule has 1 unspecified atom stereocenters. The zero-order chi connectivity index (χ0) is 11.8. The molecule has 0 radical (unpaired) electrons. The highest BCUT2D eigenvalue weighted by Crippen LogP contribution is 2.07. The van der Waals surface area contributed by atoms with Gasteiger partial charge in [0.2, 0.25) is 5.91 Å². The van der Waals surface area contributed by atoms with E-state index in [0.717, 1.165) is 13.1 Å². The van der Waals surface area contributed by atoms with Crippen molar-refractivity contribution in [3.05, 3.63) is 0 Å². The fourth-order valence-electron chi connectivity index (χ4n) is 1.75. The Balaban J connectivity index is 2.03. The Kier molecular flexibility index (Phi) is 6.84. The summed E-state index contributed by atoms with van der Waals surface area (Å²) in [6.45, 7) is 6.54. The number of carbonyl (C=O) groups is 1. The van der Waals surface area contributed by atoms with Gasteiger partial charge in [0.1, 0.15) is 0 Å². The Bertz CT molecular complexity index is 207. The maximum absolute atomic E-state index is 11.1. The van der Waals surface area contributed by atoms with Gasteiger partial charge < -0.3 is 15.5 Å². The summed E-state index contributed by atoms with van der Waals surface area (Å²) in [5, 5.41) is 6.03. The van der Waals surface area contributed by atoms with E-state index in [9.17, 15) is 4.79 Å². The third kappa shape index (κ3) is 5.72. The van der Waals surface area contributed by atoms with Crippen LogP contribution in [0, 0.1) is 0 Å². The molecule has 1 heterocycles. The average molecular weight is 245 g/mol. The first-order valence-corrected chi connectivity index (χ1v) is 7.12. The number of nitrogens with one attached hydrogen (secondary N) is 2. The van der Waals surface area contributed by atoms with Gasteiger partial charge in [-0.15, -0.1) is 0 Å². The Morgan fingerprint density at radius 1 is 1.44 bits per heavy atom. The maximum Gasteiger partial charge on any atom is 0.221 e. The van der Waals surface area contributed by atoms with E-state index in [-0.39, 0.29) is 11.9 Å². The van der Waals surface area contributed by atoms with E-state index in [0.29, 0.717) is 6.42 Å². The number of nitrogens with zero attached hydrogens (tertiary/aromatic N) is 1. The number of carbonyl (C=O) groups excluding carboxylic acids is 1. The van der Waals surface area contributed by atoms with Crippen LogP contribution in [-0.2, 0) is 4.79 Å². The molecular weight excluding hydrogens is 222 g/mol. The lowest BCUT2D eigenvalue weighted by Crippen LogP contribution is -2.41. The topological polar surface area (TPSA) is 44.4 Å².